The summed E-state index contributed by atoms with van der Waals surface area (Å²) in [5.41, 5.74) is 0. The van der Waals surface area contributed by atoms with E-state index in [1.807, 2.05) is 11.4 Å². The summed E-state index contributed by atoms with van der Waals surface area (Å²) in [6.07, 6.45) is 6.77. The van der Waals surface area contributed by atoms with Crippen molar-refractivity contribution in [3.8, 4) is 0 Å². The predicted molar refractivity (Wildman–Crippen MR) is 107 cm³/mol. The Kier molecular flexibility index (Phi) is 7.67. The molecule has 2 heterocycles. The number of imide groups is 1. The molecule has 0 bridgehead atoms. The molecule has 3 atom stereocenters. The van der Waals surface area contributed by atoms with Crippen LogP contribution in [-0.2, 0) is 16.1 Å². The van der Waals surface area contributed by atoms with E-state index in [1.165, 1.54) is 11.3 Å². The zero-order chi connectivity index (χ0) is 19.1. The zero-order valence-corrected chi connectivity index (χ0v) is 16.9. The summed E-state index contributed by atoms with van der Waals surface area (Å²) in [4.78, 5) is 28.0. The van der Waals surface area contributed by atoms with Crippen molar-refractivity contribution >= 4 is 23.3 Å². The third-order valence-electron chi connectivity index (χ3n) is 5.49. The van der Waals surface area contributed by atoms with E-state index in [9.17, 15) is 9.59 Å². The standard InChI is InChI=1S/C20H31N3O3S/c1-15-6-2-3-9-18(15)21-20(25)22-19(24)14-23(12-16-7-4-10-26-16)13-17-8-5-11-27-17/h5,8,11,15-16,18H,2-4,6-7,9-10,12-14H2,1H3,(H2,21,22,24,25)/t15-,16-,18-/m1/s1. The molecule has 1 aromatic heterocycles. The number of amides is 3. The molecule has 1 aliphatic heterocycles. The molecule has 6 nitrogen and oxygen atoms in total. The van der Waals surface area contributed by atoms with Gasteiger partial charge in [-0.05, 0) is 43.0 Å². The van der Waals surface area contributed by atoms with Gasteiger partial charge in [-0.2, -0.15) is 0 Å². The second kappa shape index (κ2) is 10.2. The van der Waals surface area contributed by atoms with Crippen LogP contribution in [-0.4, -0.2) is 48.7 Å². The van der Waals surface area contributed by atoms with Gasteiger partial charge in [0.25, 0.3) is 0 Å². The summed E-state index contributed by atoms with van der Waals surface area (Å²) in [7, 11) is 0. The Balaban J connectivity index is 1.49. The number of carbonyl (C=O) groups is 2. The minimum absolute atomic E-state index is 0.167. The van der Waals surface area contributed by atoms with Crippen molar-refractivity contribution in [2.24, 2.45) is 5.92 Å². The van der Waals surface area contributed by atoms with E-state index in [2.05, 4.69) is 28.5 Å². The molecule has 2 N–H and O–H groups in total. The lowest BCUT2D eigenvalue weighted by Crippen LogP contribution is -2.50. The summed E-state index contributed by atoms with van der Waals surface area (Å²) in [5, 5.41) is 7.53. The van der Waals surface area contributed by atoms with Crippen LogP contribution in [0.2, 0.25) is 0 Å². The van der Waals surface area contributed by atoms with Crippen molar-refractivity contribution in [3.63, 3.8) is 0 Å². The minimum Gasteiger partial charge on any atom is -0.377 e. The number of nitrogens with zero attached hydrogens (tertiary/aromatic N) is 1. The van der Waals surface area contributed by atoms with Crippen LogP contribution in [0.5, 0.6) is 0 Å². The largest absolute Gasteiger partial charge is 0.377 e. The van der Waals surface area contributed by atoms with E-state index in [4.69, 9.17) is 4.74 Å². The fourth-order valence-electron chi connectivity index (χ4n) is 3.99. The van der Waals surface area contributed by atoms with Crippen LogP contribution >= 0.6 is 11.3 Å². The lowest BCUT2D eigenvalue weighted by atomic mass is 9.86. The van der Waals surface area contributed by atoms with Crippen molar-refractivity contribution in [2.75, 3.05) is 19.7 Å². The van der Waals surface area contributed by atoms with Crippen LogP contribution < -0.4 is 10.6 Å². The van der Waals surface area contributed by atoms with E-state index >= 15 is 0 Å². The van der Waals surface area contributed by atoms with Gasteiger partial charge in [0.1, 0.15) is 0 Å². The molecule has 1 aromatic rings. The molecule has 150 valence electrons. The van der Waals surface area contributed by atoms with Gasteiger partial charge in [-0.15, -0.1) is 11.3 Å². The molecule has 27 heavy (non-hydrogen) atoms. The highest BCUT2D eigenvalue weighted by molar-refractivity contribution is 7.09. The Morgan fingerprint density at radius 1 is 1.26 bits per heavy atom. The molecular weight excluding hydrogens is 362 g/mol. The molecule has 1 saturated carbocycles. The Hall–Kier alpha value is -1.44. The smallest absolute Gasteiger partial charge is 0.321 e. The highest BCUT2D eigenvalue weighted by atomic mass is 32.1. The molecule has 2 aliphatic rings. The second-order valence-electron chi connectivity index (χ2n) is 7.77. The van der Waals surface area contributed by atoms with Crippen molar-refractivity contribution in [1.82, 2.24) is 15.5 Å². The van der Waals surface area contributed by atoms with Gasteiger partial charge in [0.15, 0.2) is 0 Å². The first kappa shape index (κ1) is 20.3. The van der Waals surface area contributed by atoms with Crippen LogP contribution in [0.3, 0.4) is 0 Å². The number of hydrogen-bond donors (Lipinski definition) is 2. The monoisotopic (exact) mass is 393 g/mol. The van der Waals surface area contributed by atoms with Crippen molar-refractivity contribution in [2.45, 2.75) is 64.1 Å². The van der Waals surface area contributed by atoms with Gasteiger partial charge < -0.3 is 10.1 Å². The molecule has 3 rings (SSSR count). The van der Waals surface area contributed by atoms with Crippen LogP contribution in [0, 0.1) is 5.92 Å². The van der Waals surface area contributed by atoms with Crippen molar-refractivity contribution in [1.29, 1.82) is 0 Å². The molecule has 0 spiro atoms. The molecule has 0 unspecified atom stereocenters. The molecule has 2 fully saturated rings. The molecule has 1 aliphatic carbocycles. The van der Waals surface area contributed by atoms with Crippen LogP contribution in [0.25, 0.3) is 0 Å². The van der Waals surface area contributed by atoms with Gasteiger partial charge in [-0.3, -0.25) is 15.0 Å². The third kappa shape index (κ3) is 6.59. The molecule has 1 saturated heterocycles. The van der Waals surface area contributed by atoms with Crippen molar-refractivity contribution < 1.29 is 14.3 Å². The first-order valence-electron chi connectivity index (χ1n) is 10.1. The lowest BCUT2D eigenvalue weighted by Gasteiger charge is -2.29. The summed E-state index contributed by atoms with van der Waals surface area (Å²) in [5.74, 6) is 0.208. The minimum atomic E-state index is -0.369. The van der Waals surface area contributed by atoms with Crippen LogP contribution in [0.15, 0.2) is 17.5 Å². The van der Waals surface area contributed by atoms with E-state index in [0.29, 0.717) is 19.0 Å². The van der Waals surface area contributed by atoms with Gasteiger partial charge in [0, 0.05) is 30.6 Å². The second-order valence-corrected chi connectivity index (χ2v) is 8.81. The Labute approximate surface area is 165 Å². The van der Waals surface area contributed by atoms with E-state index in [-0.39, 0.29) is 30.6 Å². The first-order valence-corrected chi connectivity index (χ1v) is 10.9. The number of thiophene rings is 1. The van der Waals surface area contributed by atoms with Gasteiger partial charge in [0.2, 0.25) is 5.91 Å². The molecule has 0 aromatic carbocycles. The number of nitrogens with one attached hydrogen (secondary N) is 2. The summed E-state index contributed by atoms with van der Waals surface area (Å²) >= 11 is 1.68. The number of carbonyl (C=O) groups excluding carboxylic acids is 2. The average molecular weight is 394 g/mol. The first-order chi connectivity index (χ1) is 13.1. The normalized spacial score (nSPS) is 25.5. The topological polar surface area (TPSA) is 70.7 Å². The fourth-order valence-corrected chi connectivity index (χ4v) is 4.73. The van der Waals surface area contributed by atoms with E-state index in [1.54, 1.807) is 11.3 Å². The highest BCUT2D eigenvalue weighted by Crippen LogP contribution is 2.23. The molecular formula is C20H31N3O3S. The maximum atomic E-state index is 12.4. The number of rotatable bonds is 7. The number of hydrogen-bond acceptors (Lipinski definition) is 5. The maximum absolute atomic E-state index is 12.4. The predicted octanol–water partition coefficient (Wildman–Crippen LogP) is 3.13. The molecule has 0 radical (unpaired) electrons. The van der Waals surface area contributed by atoms with Crippen molar-refractivity contribution in [3.05, 3.63) is 22.4 Å². The Bertz CT molecular complexity index is 602. The maximum Gasteiger partial charge on any atom is 0.321 e. The van der Waals surface area contributed by atoms with Gasteiger partial charge in [-0.1, -0.05) is 25.8 Å². The molecule has 3 amide bonds. The summed E-state index contributed by atoms with van der Waals surface area (Å²) in [6, 6.07) is 3.89. The van der Waals surface area contributed by atoms with E-state index < -0.39 is 0 Å². The van der Waals surface area contributed by atoms with Gasteiger partial charge >= 0.3 is 6.03 Å². The SMILES string of the molecule is C[C@@H]1CCCC[C@H]1NC(=O)NC(=O)CN(Cc1cccs1)C[C@H]1CCCO1. The summed E-state index contributed by atoms with van der Waals surface area (Å²) < 4.78 is 5.73. The summed E-state index contributed by atoms with van der Waals surface area (Å²) in [6.45, 7) is 4.58. The lowest BCUT2D eigenvalue weighted by molar-refractivity contribution is -0.121. The number of urea groups is 1. The van der Waals surface area contributed by atoms with E-state index in [0.717, 1.165) is 38.7 Å². The Morgan fingerprint density at radius 2 is 2.11 bits per heavy atom. The third-order valence-corrected chi connectivity index (χ3v) is 6.35. The van der Waals surface area contributed by atoms with Gasteiger partial charge in [0.05, 0.1) is 12.6 Å². The number of ether oxygens (including phenoxy) is 1. The highest BCUT2D eigenvalue weighted by Gasteiger charge is 2.25. The zero-order valence-electron chi connectivity index (χ0n) is 16.1. The Morgan fingerprint density at radius 3 is 2.81 bits per heavy atom. The molecule has 7 heteroatoms. The quantitative estimate of drug-likeness (QED) is 0.747. The van der Waals surface area contributed by atoms with Gasteiger partial charge in [-0.25, -0.2) is 4.79 Å². The average Bonchev–Trinajstić information content (AvgIpc) is 3.31. The van der Waals surface area contributed by atoms with Crippen LogP contribution in [0.4, 0.5) is 4.79 Å². The fraction of sp³-hybridized carbons (Fsp3) is 0.700. The van der Waals surface area contributed by atoms with Crippen LogP contribution in [0.1, 0.15) is 50.3 Å².